The van der Waals surface area contributed by atoms with Crippen molar-refractivity contribution < 1.29 is 9.47 Å². The maximum atomic E-state index is 7.54. The lowest BCUT2D eigenvalue weighted by atomic mass is 10.1. The number of nitrogens with two attached hydrogens (primary N) is 1. The standard InChI is InChI=1S/C16H18N2O2/c1-11-7-8-14(19-2)12(9-11)10-20-15-6-4-3-5-13(15)16(17)18/h3-9H,10H2,1-2H3,(H3,17,18). The number of rotatable bonds is 5. The van der Waals surface area contributed by atoms with E-state index in [1.807, 2.05) is 37.3 Å². The van der Waals surface area contributed by atoms with Crippen molar-refractivity contribution in [2.75, 3.05) is 7.11 Å². The average molecular weight is 270 g/mol. The van der Waals surface area contributed by atoms with Gasteiger partial charge in [-0.15, -0.1) is 0 Å². The van der Waals surface area contributed by atoms with E-state index in [2.05, 4.69) is 0 Å². The van der Waals surface area contributed by atoms with Crippen LogP contribution < -0.4 is 15.2 Å². The summed E-state index contributed by atoms with van der Waals surface area (Å²) >= 11 is 0. The van der Waals surface area contributed by atoms with Crippen LogP contribution >= 0.6 is 0 Å². The summed E-state index contributed by atoms with van der Waals surface area (Å²) in [6, 6.07) is 13.2. The van der Waals surface area contributed by atoms with Gasteiger partial charge in [-0.05, 0) is 31.2 Å². The van der Waals surface area contributed by atoms with Crippen LogP contribution in [0.5, 0.6) is 11.5 Å². The second-order valence-corrected chi connectivity index (χ2v) is 4.51. The Morgan fingerprint density at radius 3 is 2.60 bits per heavy atom. The number of para-hydroxylation sites is 1. The molecule has 0 aliphatic carbocycles. The molecule has 0 saturated heterocycles. The lowest BCUT2D eigenvalue weighted by Gasteiger charge is -2.13. The normalized spacial score (nSPS) is 10.1. The largest absolute Gasteiger partial charge is 0.496 e. The third kappa shape index (κ3) is 3.09. The molecule has 0 aromatic heterocycles. The monoisotopic (exact) mass is 270 g/mol. The third-order valence-corrected chi connectivity index (χ3v) is 3.00. The van der Waals surface area contributed by atoms with Gasteiger partial charge in [-0.1, -0.05) is 23.8 Å². The van der Waals surface area contributed by atoms with Crippen molar-refractivity contribution in [2.24, 2.45) is 5.73 Å². The fourth-order valence-corrected chi connectivity index (χ4v) is 1.99. The molecule has 4 nitrogen and oxygen atoms in total. The SMILES string of the molecule is COc1ccc(C)cc1COc1ccccc1C(=N)N. The van der Waals surface area contributed by atoms with Gasteiger partial charge in [-0.3, -0.25) is 5.41 Å². The molecule has 20 heavy (non-hydrogen) atoms. The van der Waals surface area contributed by atoms with Crippen molar-refractivity contribution in [3.05, 3.63) is 59.2 Å². The van der Waals surface area contributed by atoms with Crippen LogP contribution in [-0.2, 0) is 6.61 Å². The van der Waals surface area contributed by atoms with Crippen molar-refractivity contribution in [3.63, 3.8) is 0 Å². The van der Waals surface area contributed by atoms with Crippen LogP contribution in [-0.4, -0.2) is 12.9 Å². The number of hydrogen-bond donors (Lipinski definition) is 2. The second-order valence-electron chi connectivity index (χ2n) is 4.51. The molecular formula is C16H18N2O2. The molecule has 0 amide bonds. The molecule has 0 heterocycles. The Labute approximate surface area is 118 Å². The zero-order chi connectivity index (χ0) is 14.5. The minimum absolute atomic E-state index is 0.00296. The van der Waals surface area contributed by atoms with E-state index < -0.39 is 0 Å². The summed E-state index contributed by atoms with van der Waals surface area (Å²) in [7, 11) is 1.64. The molecule has 0 aliphatic rings. The van der Waals surface area contributed by atoms with Gasteiger partial charge in [0, 0.05) is 5.56 Å². The molecule has 4 heteroatoms. The molecular weight excluding hydrogens is 252 g/mol. The molecule has 2 rings (SSSR count). The van der Waals surface area contributed by atoms with Gasteiger partial charge in [-0.25, -0.2) is 0 Å². The first-order valence-electron chi connectivity index (χ1n) is 6.31. The molecule has 0 unspecified atom stereocenters. The van der Waals surface area contributed by atoms with E-state index in [9.17, 15) is 0 Å². The van der Waals surface area contributed by atoms with Crippen LogP contribution in [0.2, 0.25) is 0 Å². The highest BCUT2D eigenvalue weighted by atomic mass is 16.5. The fourth-order valence-electron chi connectivity index (χ4n) is 1.99. The summed E-state index contributed by atoms with van der Waals surface area (Å²) in [6.07, 6.45) is 0. The van der Waals surface area contributed by atoms with Gasteiger partial charge in [0.15, 0.2) is 0 Å². The number of amidine groups is 1. The fraction of sp³-hybridized carbons (Fsp3) is 0.188. The topological polar surface area (TPSA) is 68.3 Å². The molecule has 0 fully saturated rings. The van der Waals surface area contributed by atoms with Crippen LogP contribution in [0, 0.1) is 12.3 Å². The summed E-state index contributed by atoms with van der Waals surface area (Å²) in [5.41, 5.74) is 8.25. The van der Waals surface area contributed by atoms with E-state index >= 15 is 0 Å². The molecule has 0 bridgehead atoms. The molecule has 3 N–H and O–H groups in total. The number of methoxy groups -OCH3 is 1. The van der Waals surface area contributed by atoms with E-state index in [0.717, 1.165) is 16.9 Å². The van der Waals surface area contributed by atoms with E-state index in [-0.39, 0.29) is 5.84 Å². The number of nitrogens with one attached hydrogen (secondary N) is 1. The zero-order valence-electron chi connectivity index (χ0n) is 11.6. The number of aryl methyl sites for hydroxylation is 1. The average Bonchev–Trinajstić information content (AvgIpc) is 2.45. The van der Waals surface area contributed by atoms with Gasteiger partial charge >= 0.3 is 0 Å². The first-order chi connectivity index (χ1) is 9.61. The smallest absolute Gasteiger partial charge is 0.130 e. The molecule has 2 aromatic carbocycles. The predicted octanol–water partition coefficient (Wildman–Crippen LogP) is 2.87. The molecule has 0 spiro atoms. The van der Waals surface area contributed by atoms with E-state index in [0.29, 0.717) is 17.9 Å². The zero-order valence-corrected chi connectivity index (χ0v) is 11.6. The summed E-state index contributed by atoms with van der Waals surface area (Å²) in [5.74, 6) is 1.39. The third-order valence-electron chi connectivity index (χ3n) is 3.00. The predicted molar refractivity (Wildman–Crippen MR) is 79.5 cm³/mol. The number of hydrogen-bond acceptors (Lipinski definition) is 3. The first-order valence-corrected chi connectivity index (χ1v) is 6.31. The van der Waals surface area contributed by atoms with Crippen molar-refractivity contribution in [1.29, 1.82) is 5.41 Å². The molecule has 0 aliphatic heterocycles. The van der Waals surface area contributed by atoms with Gasteiger partial charge in [0.1, 0.15) is 23.9 Å². The summed E-state index contributed by atoms with van der Waals surface area (Å²) in [4.78, 5) is 0. The van der Waals surface area contributed by atoms with Crippen LogP contribution in [0.1, 0.15) is 16.7 Å². The maximum Gasteiger partial charge on any atom is 0.130 e. The highest BCUT2D eigenvalue weighted by Gasteiger charge is 2.08. The number of ether oxygens (including phenoxy) is 2. The van der Waals surface area contributed by atoms with Gasteiger partial charge in [0.2, 0.25) is 0 Å². The molecule has 104 valence electrons. The van der Waals surface area contributed by atoms with Crippen molar-refractivity contribution in [3.8, 4) is 11.5 Å². The Morgan fingerprint density at radius 1 is 1.15 bits per heavy atom. The number of benzene rings is 2. The van der Waals surface area contributed by atoms with Gasteiger partial charge < -0.3 is 15.2 Å². The highest BCUT2D eigenvalue weighted by molar-refractivity contribution is 5.97. The molecule has 0 radical (unpaired) electrons. The minimum Gasteiger partial charge on any atom is -0.496 e. The van der Waals surface area contributed by atoms with Crippen LogP contribution in [0.4, 0.5) is 0 Å². The summed E-state index contributed by atoms with van der Waals surface area (Å²) < 4.78 is 11.1. The molecule has 0 saturated carbocycles. The molecule has 0 atom stereocenters. The van der Waals surface area contributed by atoms with E-state index in [4.69, 9.17) is 20.6 Å². The van der Waals surface area contributed by atoms with Crippen molar-refractivity contribution in [1.82, 2.24) is 0 Å². The Kier molecular flexibility index (Phi) is 4.25. The Balaban J connectivity index is 2.21. The van der Waals surface area contributed by atoms with Gasteiger partial charge in [-0.2, -0.15) is 0 Å². The Hall–Kier alpha value is -2.49. The minimum atomic E-state index is -0.00296. The van der Waals surface area contributed by atoms with Gasteiger partial charge in [0.05, 0.1) is 12.7 Å². The van der Waals surface area contributed by atoms with Crippen LogP contribution in [0.25, 0.3) is 0 Å². The van der Waals surface area contributed by atoms with Crippen molar-refractivity contribution in [2.45, 2.75) is 13.5 Å². The maximum absolute atomic E-state index is 7.54. The quantitative estimate of drug-likeness (QED) is 0.648. The first kappa shape index (κ1) is 13.9. The van der Waals surface area contributed by atoms with Crippen LogP contribution in [0.15, 0.2) is 42.5 Å². The lowest BCUT2D eigenvalue weighted by molar-refractivity contribution is 0.296. The van der Waals surface area contributed by atoms with E-state index in [1.165, 1.54) is 0 Å². The Bertz CT molecular complexity index is 624. The molecule has 2 aromatic rings. The Morgan fingerprint density at radius 2 is 1.90 bits per heavy atom. The van der Waals surface area contributed by atoms with Crippen molar-refractivity contribution >= 4 is 5.84 Å². The number of nitrogen functional groups attached to an aromatic ring is 1. The van der Waals surface area contributed by atoms with E-state index in [1.54, 1.807) is 19.2 Å². The summed E-state index contributed by atoms with van der Waals surface area (Å²) in [6.45, 7) is 2.39. The second kappa shape index (κ2) is 6.10. The summed E-state index contributed by atoms with van der Waals surface area (Å²) in [5, 5.41) is 7.54. The van der Waals surface area contributed by atoms with Gasteiger partial charge in [0.25, 0.3) is 0 Å². The lowest BCUT2D eigenvalue weighted by Crippen LogP contribution is -2.13. The van der Waals surface area contributed by atoms with Crippen LogP contribution in [0.3, 0.4) is 0 Å². The highest BCUT2D eigenvalue weighted by Crippen LogP contribution is 2.23.